The van der Waals surface area contributed by atoms with Crippen LogP contribution in [0.2, 0.25) is 0 Å². The molecule has 1 saturated heterocycles. The quantitative estimate of drug-likeness (QED) is 0.677. The number of hydrogen-bond acceptors (Lipinski definition) is 4. The second-order valence-corrected chi connectivity index (χ2v) is 11.4. The number of benzene rings is 1. The lowest BCUT2D eigenvalue weighted by Gasteiger charge is -2.33. The van der Waals surface area contributed by atoms with E-state index in [2.05, 4.69) is 24.0 Å². The van der Waals surface area contributed by atoms with Crippen molar-refractivity contribution in [2.24, 2.45) is 17.0 Å². The number of nitrogens with two attached hydrogens (primary N) is 1. The zero-order chi connectivity index (χ0) is 20.7. The summed E-state index contributed by atoms with van der Waals surface area (Å²) in [5.74, 6) is 1.23. The van der Waals surface area contributed by atoms with E-state index < -0.39 is 15.6 Å². The van der Waals surface area contributed by atoms with Crippen LogP contribution in [0.3, 0.4) is 0 Å². The van der Waals surface area contributed by atoms with E-state index in [-0.39, 0.29) is 11.2 Å². The highest BCUT2D eigenvalue weighted by Crippen LogP contribution is 2.65. The van der Waals surface area contributed by atoms with Crippen LogP contribution in [-0.4, -0.2) is 43.7 Å². The predicted octanol–water partition coefficient (Wildman–Crippen LogP) is 3.16. The molecule has 1 aromatic rings. The molecule has 162 valence electrons. The molecule has 2 unspecified atom stereocenters. The third kappa shape index (κ3) is 4.41. The minimum atomic E-state index is -3.51. The van der Waals surface area contributed by atoms with Crippen molar-refractivity contribution >= 4 is 10.0 Å². The van der Waals surface area contributed by atoms with E-state index in [1.165, 1.54) is 24.8 Å². The van der Waals surface area contributed by atoms with Gasteiger partial charge in [0, 0.05) is 18.5 Å². The summed E-state index contributed by atoms with van der Waals surface area (Å²) in [6.45, 7) is 5.58. The summed E-state index contributed by atoms with van der Waals surface area (Å²) in [5.41, 5.74) is 1.87. The first-order valence-electron chi connectivity index (χ1n) is 11.3. The molecule has 0 aromatic heterocycles. The molecule has 1 aromatic carbocycles. The highest BCUT2D eigenvalue weighted by atomic mass is 32.2. The van der Waals surface area contributed by atoms with Gasteiger partial charge in [0.05, 0.1) is 11.4 Å². The lowest BCUT2D eigenvalue weighted by atomic mass is 9.81. The number of hydrogen-bond donors (Lipinski definition) is 2. The van der Waals surface area contributed by atoms with Crippen LogP contribution in [-0.2, 0) is 21.2 Å². The Morgan fingerprint density at radius 2 is 1.86 bits per heavy atom. The van der Waals surface area contributed by atoms with Gasteiger partial charge in [-0.3, -0.25) is 0 Å². The maximum Gasteiger partial charge on any atom is 0.213 e. The van der Waals surface area contributed by atoms with Crippen molar-refractivity contribution in [3.8, 4) is 0 Å². The lowest BCUT2D eigenvalue weighted by Crippen LogP contribution is -2.34. The molecule has 6 heteroatoms. The van der Waals surface area contributed by atoms with Crippen LogP contribution in [0.15, 0.2) is 24.3 Å². The summed E-state index contributed by atoms with van der Waals surface area (Å²) in [7, 11) is -3.51. The number of piperidine rings is 1. The zero-order valence-corrected chi connectivity index (χ0v) is 18.5. The van der Waals surface area contributed by atoms with Crippen molar-refractivity contribution in [2.75, 3.05) is 19.6 Å². The Kier molecular flexibility index (Phi) is 5.84. The number of primary sulfonamides is 1. The molecule has 29 heavy (non-hydrogen) atoms. The average Bonchev–Trinajstić information content (AvgIpc) is 3.04. The Balaban J connectivity index is 1.33. The largest absolute Gasteiger partial charge is 0.390 e. The molecule has 0 spiro atoms. The summed E-state index contributed by atoms with van der Waals surface area (Å²) in [4.78, 5) is 2.57. The Morgan fingerprint density at radius 1 is 1.17 bits per heavy atom. The first-order chi connectivity index (χ1) is 13.8. The lowest BCUT2D eigenvalue weighted by molar-refractivity contribution is -0.00722. The second-order valence-electron chi connectivity index (χ2n) is 9.76. The van der Waals surface area contributed by atoms with Crippen LogP contribution in [0.25, 0.3) is 0 Å². The number of likely N-dealkylation sites (tertiary alicyclic amines) is 1. The third-order valence-corrected chi connectivity index (χ3v) is 8.66. The summed E-state index contributed by atoms with van der Waals surface area (Å²) in [6.07, 6.45) is 8.69. The average molecular weight is 421 g/mol. The molecule has 4 rings (SSSR count). The number of sulfonamides is 1. The fraction of sp³-hybridized carbons (Fsp3) is 0.739. The summed E-state index contributed by atoms with van der Waals surface area (Å²) in [5, 5.41) is 16.0. The van der Waals surface area contributed by atoms with Crippen LogP contribution >= 0.6 is 0 Å². The van der Waals surface area contributed by atoms with E-state index in [9.17, 15) is 13.5 Å². The van der Waals surface area contributed by atoms with Gasteiger partial charge in [0.1, 0.15) is 0 Å². The van der Waals surface area contributed by atoms with Crippen molar-refractivity contribution < 1.29 is 13.5 Å². The standard InChI is InChI=1S/C23H36N2O3S/c1-2-23(19-9-6-8-18(14-19)17-29(24,27)28)20-15-25(16-21(20)23)13-7-12-22(26)10-4-3-5-11-22/h6,8-9,14,20-21,26H,2-5,7,10-13,15-17H2,1H3,(H2,24,27,28). The number of aliphatic hydroxyl groups is 1. The van der Waals surface area contributed by atoms with Gasteiger partial charge in [-0.25, -0.2) is 13.6 Å². The Hall–Kier alpha value is -0.950. The number of rotatable bonds is 8. The highest BCUT2D eigenvalue weighted by Gasteiger charge is 2.67. The van der Waals surface area contributed by atoms with Gasteiger partial charge >= 0.3 is 0 Å². The molecule has 2 saturated carbocycles. The molecule has 1 aliphatic heterocycles. The maximum absolute atomic E-state index is 11.5. The summed E-state index contributed by atoms with van der Waals surface area (Å²) < 4.78 is 23.0. The van der Waals surface area contributed by atoms with E-state index in [1.54, 1.807) is 0 Å². The van der Waals surface area contributed by atoms with Gasteiger partial charge in [-0.1, -0.05) is 50.5 Å². The van der Waals surface area contributed by atoms with Gasteiger partial charge < -0.3 is 10.0 Å². The van der Waals surface area contributed by atoms with Crippen LogP contribution in [0.4, 0.5) is 0 Å². The van der Waals surface area contributed by atoms with Crippen molar-refractivity contribution in [3.05, 3.63) is 35.4 Å². The van der Waals surface area contributed by atoms with Gasteiger partial charge in [0.25, 0.3) is 0 Å². The monoisotopic (exact) mass is 420 g/mol. The first kappa shape index (κ1) is 21.3. The Labute approximate surface area is 175 Å². The first-order valence-corrected chi connectivity index (χ1v) is 13.0. The smallest absolute Gasteiger partial charge is 0.213 e. The topological polar surface area (TPSA) is 83.6 Å². The van der Waals surface area contributed by atoms with Crippen LogP contribution in [0, 0.1) is 11.8 Å². The Bertz CT molecular complexity index is 820. The van der Waals surface area contributed by atoms with E-state index in [4.69, 9.17) is 5.14 Å². The fourth-order valence-electron chi connectivity index (χ4n) is 6.43. The normalized spacial score (nSPS) is 31.6. The van der Waals surface area contributed by atoms with Gasteiger partial charge in [-0.15, -0.1) is 0 Å². The molecule has 5 nitrogen and oxygen atoms in total. The predicted molar refractivity (Wildman–Crippen MR) is 116 cm³/mol. The number of fused-ring (bicyclic) bond motifs is 1. The molecule has 2 atom stereocenters. The minimum Gasteiger partial charge on any atom is -0.390 e. The van der Waals surface area contributed by atoms with Gasteiger partial charge in [0.2, 0.25) is 10.0 Å². The highest BCUT2D eigenvalue weighted by molar-refractivity contribution is 7.88. The van der Waals surface area contributed by atoms with E-state index in [1.807, 2.05) is 12.1 Å². The zero-order valence-electron chi connectivity index (χ0n) is 17.6. The second kappa shape index (κ2) is 7.95. The molecular weight excluding hydrogens is 384 g/mol. The van der Waals surface area contributed by atoms with Crippen molar-refractivity contribution in [2.45, 2.75) is 75.1 Å². The molecule has 0 radical (unpaired) electrons. The minimum absolute atomic E-state index is 0.0923. The number of nitrogens with zero attached hydrogens (tertiary/aromatic N) is 1. The summed E-state index contributed by atoms with van der Waals surface area (Å²) >= 11 is 0. The molecule has 3 aliphatic rings. The molecular formula is C23H36N2O3S. The van der Waals surface area contributed by atoms with Crippen LogP contribution in [0.1, 0.15) is 69.4 Å². The van der Waals surface area contributed by atoms with Gasteiger partial charge in [0.15, 0.2) is 0 Å². The molecule has 1 heterocycles. The van der Waals surface area contributed by atoms with Gasteiger partial charge in [-0.05, 0) is 61.6 Å². The maximum atomic E-state index is 11.5. The van der Waals surface area contributed by atoms with E-state index in [0.717, 1.165) is 57.3 Å². The SMILES string of the molecule is CCC1(c2cccc(CS(N)(=O)=O)c2)C2CN(CCCC3(O)CCCCC3)CC21. The van der Waals surface area contributed by atoms with Crippen LogP contribution in [0.5, 0.6) is 0 Å². The summed E-state index contributed by atoms with van der Waals surface area (Å²) in [6, 6.07) is 8.06. The molecule has 3 N–H and O–H groups in total. The van der Waals surface area contributed by atoms with E-state index in [0.29, 0.717) is 11.8 Å². The van der Waals surface area contributed by atoms with Crippen molar-refractivity contribution in [3.63, 3.8) is 0 Å². The molecule has 2 aliphatic carbocycles. The van der Waals surface area contributed by atoms with Crippen molar-refractivity contribution in [1.29, 1.82) is 0 Å². The third-order valence-electron chi connectivity index (χ3n) is 7.93. The Morgan fingerprint density at radius 3 is 2.48 bits per heavy atom. The van der Waals surface area contributed by atoms with E-state index >= 15 is 0 Å². The molecule has 0 bridgehead atoms. The van der Waals surface area contributed by atoms with Crippen molar-refractivity contribution in [1.82, 2.24) is 4.90 Å². The van der Waals surface area contributed by atoms with Crippen LogP contribution < -0.4 is 5.14 Å². The molecule has 0 amide bonds. The molecule has 3 fully saturated rings. The van der Waals surface area contributed by atoms with Gasteiger partial charge in [-0.2, -0.15) is 0 Å². The fourth-order valence-corrected chi connectivity index (χ4v) is 7.07.